The molecule has 0 heterocycles. The van der Waals surface area contributed by atoms with E-state index in [4.69, 9.17) is 4.74 Å². The van der Waals surface area contributed by atoms with Crippen LogP contribution in [0.2, 0.25) is 0 Å². The molecule has 0 spiro atoms. The summed E-state index contributed by atoms with van der Waals surface area (Å²) < 4.78 is 5.35. The molecule has 36 heavy (non-hydrogen) atoms. The number of amides is 3. The number of hydrogen-bond acceptors (Lipinski definition) is 4. The summed E-state index contributed by atoms with van der Waals surface area (Å²) in [5.41, 5.74) is 1.27. The van der Waals surface area contributed by atoms with Gasteiger partial charge < -0.3 is 20.3 Å². The van der Waals surface area contributed by atoms with Crippen molar-refractivity contribution in [2.24, 2.45) is 0 Å². The zero-order chi connectivity index (χ0) is 27.1. The van der Waals surface area contributed by atoms with Crippen molar-refractivity contribution in [2.75, 3.05) is 13.1 Å². The van der Waals surface area contributed by atoms with Gasteiger partial charge in [-0.2, -0.15) is 0 Å². The largest absolute Gasteiger partial charge is 0.444 e. The monoisotopic (exact) mass is 503 g/mol. The van der Waals surface area contributed by atoms with Gasteiger partial charge in [0.05, 0.1) is 0 Å². The Balaban J connectivity index is 3.25. The molecule has 1 aromatic rings. The zero-order valence-electron chi connectivity index (χ0n) is 23.6. The average molecular weight is 504 g/mol. The third-order valence-electron chi connectivity index (χ3n) is 5.98. The molecule has 2 N–H and O–H groups in total. The lowest BCUT2D eigenvalue weighted by Crippen LogP contribution is -2.52. The maximum Gasteiger partial charge on any atom is 0.408 e. The standard InChI is InChI=1S/C29H49N3O4/c1-8-11-13-14-15-21-32(27(34)22(4)31-28(35)36-29(5,6)7)25(26(33)30-20-12-9-2)24-18-16-23(10-3)17-19-24/h16-19,22,25H,8-15,20-21H2,1-7H3,(H,30,33)(H,31,35). The fourth-order valence-electron chi connectivity index (χ4n) is 3.94. The maximum absolute atomic E-state index is 13.7. The van der Waals surface area contributed by atoms with Gasteiger partial charge in [-0.15, -0.1) is 0 Å². The Morgan fingerprint density at radius 2 is 1.53 bits per heavy atom. The number of hydrogen-bond donors (Lipinski definition) is 2. The molecule has 1 rings (SSSR count). The van der Waals surface area contributed by atoms with Gasteiger partial charge in [0.25, 0.3) is 0 Å². The predicted octanol–water partition coefficient (Wildman–Crippen LogP) is 5.92. The molecule has 0 saturated carbocycles. The van der Waals surface area contributed by atoms with Gasteiger partial charge in [-0.3, -0.25) is 9.59 Å². The third-order valence-corrected chi connectivity index (χ3v) is 5.98. The lowest BCUT2D eigenvalue weighted by molar-refractivity contribution is -0.142. The van der Waals surface area contributed by atoms with Gasteiger partial charge in [-0.05, 0) is 58.1 Å². The average Bonchev–Trinajstić information content (AvgIpc) is 2.81. The fourth-order valence-corrected chi connectivity index (χ4v) is 3.94. The number of aryl methyl sites for hydroxylation is 1. The van der Waals surface area contributed by atoms with Crippen LogP contribution in [0, 0.1) is 0 Å². The number of alkyl carbamates (subject to hydrolysis) is 1. The molecular formula is C29H49N3O4. The van der Waals surface area contributed by atoms with E-state index in [0.29, 0.717) is 13.1 Å². The molecule has 204 valence electrons. The Morgan fingerprint density at radius 3 is 2.08 bits per heavy atom. The van der Waals surface area contributed by atoms with Crippen LogP contribution in [0.25, 0.3) is 0 Å². The molecule has 0 aliphatic rings. The zero-order valence-corrected chi connectivity index (χ0v) is 23.6. The van der Waals surface area contributed by atoms with Crippen LogP contribution < -0.4 is 10.6 Å². The van der Waals surface area contributed by atoms with Crippen LogP contribution >= 0.6 is 0 Å². The number of benzene rings is 1. The second-order valence-electron chi connectivity index (χ2n) is 10.5. The van der Waals surface area contributed by atoms with E-state index in [-0.39, 0.29) is 11.8 Å². The Bertz CT molecular complexity index is 802. The molecule has 0 aliphatic heterocycles. The number of unbranched alkanes of at least 4 members (excludes halogenated alkanes) is 5. The Kier molecular flexibility index (Phi) is 14.2. The van der Waals surface area contributed by atoms with Crippen molar-refractivity contribution in [2.45, 2.75) is 118 Å². The van der Waals surface area contributed by atoms with E-state index in [0.717, 1.165) is 56.9 Å². The molecule has 7 nitrogen and oxygen atoms in total. The Morgan fingerprint density at radius 1 is 0.917 bits per heavy atom. The molecule has 0 bridgehead atoms. The molecule has 3 amide bonds. The molecule has 2 unspecified atom stereocenters. The first-order valence-electron chi connectivity index (χ1n) is 13.7. The number of carbonyl (C=O) groups excluding carboxylic acids is 3. The number of nitrogens with zero attached hydrogens (tertiary/aromatic N) is 1. The van der Waals surface area contributed by atoms with Crippen LogP contribution in [-0.4, -0.2) is 47.5 Å². The van der Waals surface area contributed by atoms with Gasteiger partial charge in [0.15, 0.2) is 0 Å². The number of nitrogens with one attached hydrogen (secondary N) is 2. The summed E-state index contributed by atoms with van der Waals surface area (Å²) in [7, 11) is 0. The highest BCUT2D eigenvalue weighted by Gasteiger charge is 2.34. The summed E-state index contributed by atoms with van der Waals surface area (Å²) in [5.74, 6) is -0.495. The summed E-state index contributed by atoms with van der Waals surface area (Å²) in [6.45, 7) is 14.3. The van der Waals surface area contributed by atoms with Crippen molar-refractivity contribution in [1.29, 1.82) is 0 Å². The van der Waals surface area contributed by atoms with E-state index in [1.165, 1.54) is 5.56 Å². The van der Waals surface area contributed by atoms with Gasteiger partial charge in [0, 0.05) is 13.1 Å². The number of rotatable bonds is 15. The quantitative estimate of drug-likeness (QED) is 0.291. The van der Waals surface area contributed by atoms with Gasteiger partial charge in [-0.1, -0.05) is 77.1 Å². The first-order valence-corrected chi connectivity index (χ1v) is 13.7. The first kappa shape index (κ1) is 31.5. The van der Waals surface area contributed by atoms with Gasteiger partial charge in [-0.25, -0.2) is 4.79 Å². The summed E-state index contributed by atoms with van der Waals surface area (Å²) >= 11 is 0. The van der Waals surface area contributed by atoms with Crippen LogP contribution in [-0.2, 0) is 20.7 Å². The van der Waals surface area contributed by atoms with Crippen molar-refractivity contribution < 1.29 is 19.1 Å². The van der Waals surface area contributed by atoms with Gasteiger partial charge in [0.2, 0.25) is 11.8 Å². The molecule has 7 heteroatoms. The molecule has 1 aromatic carbocycles. The summed E-state index contributed by atoms with van der Waals surface area (Å²) in [5, 5.41) is 5.68. The predicted molar refractivity (Wildman–Crippen MR) is 146 cm³/mol. The topological polar surface area (TPSA) is 87.7 Å². The fraction of sp³-hybridized carbons (Fsp3) is 0.690. The highest BCUT2D eigenvalue weighted by atomic mass is 16.6. The highest BCUT2D eigenvalue weighted by molar-refractivity contribution is 5.92. The summed E-state index contributed by atoms with van der Waals surface area (Å²) in [6.07, 6.45) is 7.20. The molecule has 2 atom stereocenters. The van der Waals surface area contributed by atoms with E-state index >= 15 is 0 Å². The van der Waals surface area contributed by atoms with Crippen LogP contribution in [0.1, 0.15) is 111 Å². The van der Waals surface area contributed by atoms with Crippen LogP contribution in [0.15, 0.2) is 24.3 Å². The van der Waals surface area contributed by atoms with Crippen molar-refractivity contribution in [1.82, 2.24) is 15.5 Å². The highest BCUT2D eigenvalue weighted by Crippen LogP contribution is 2.24. The molecule has 0 aliphatic carbocycles. The van der Waals surface area contributed by atoms with Crippen molar-refractivity contribution >= 4 is 17.9 Å². The minimum atomic E-state index is -0.837. The van der Waals surface area contributed by atoms with E-state index in [2.05, 4.69) is 31.4 Å². The molecule has 0 radical (unpaired) electrons. The SMILES string of the molecule is CCCCCCCN(C(=O)C(C)NC(=O)OC(C)(C)C)C(C(=O)NCCCC)c1ccc(CC)cc1. The number of ether oxygens (including phenoxy) is 1. The summed E-state index contributed by atoms with van der Waals surface area (Å²) in [6, 6.07) is 6.28. The van der Waals surface area contributed by atoms with Crippen molar-refractivity contribution in [3.05, 3.63) is 35.4 Å². The second-order valence-corrected chi connectivity index (χ2v) is 10.5. The minimum Gasteiger partial charge on any atom is -0.444 e. The van der Waals surface area contributed by atoms with Gasteiger partial charge >= 0.3 is 6.09 Å². The van der Waals surface area contributed by atoms with E-state index in [1.807, 2.05) is 24.3 Å². The Labute approximate surface area is 218 Å². The lowest BCUT2D eigenvalue weighted by Gasteiger charge is -2.34. The third kappa shape index (κ3) is 11.4. The summed E-state index contributed by atoms with van der Waals surface area (Å²) in [4.78, 5) is 41.2. The van der Waals surface area contributed by atoms with Crippen LogP contribution in [0.5, 0.6) is 0 Å². The van der Waals surface area contributed by atoms with E-state index in [9.17, 15) is 14.4 Å². The second kappa shape index (κ2) is 16.2. The molecule has 0 aromatic heterocycles. The van der Waals surface area contributed by atoms with Crippen molar-refractivity contribution in [3.63, 3.8) is 0 Å². The Hall–Kier alpha value is -2.57. The number of carbonyl (C=O) groups is 3. The van der Waals surface area contributed by atoms with E-state index < -0.39 is 23.8 Å². The molecule has 0 saturated heterocycles. The van der Waals surface area contributed by atoms with E-state index in [1.54, 1.807) is 32.6 Å². The van der Waals surface area contributed by atoms with Crippen LogP contribution in [0.4, 0.5) is 4.79 Å². The maximum atomic E-state index is 13.7. The smallest absolute Gasteiger partial charge is 0.408 e. The van der Waals surface area contributed by atoms with Crippen LogP contribution in [0.3, 0.4) is 0 Å². The molecular weight excluding hydrogens is 454 g/mol. The first-order chi connectivity index (χ1) is 17.0. The molecule has 0 fully saturated rings. The van der Waals surface area contributed by atoms with Crippen molar-refractivity contribution in [3.8, 4) is 0 Å². The lowest BCUT2D eigenvalue weighted by atomic mass is 10.00. The minimum absolute atomic E-state index is 0.195. The normalized spacial score (nSPS) is 13.0. The van der Waals surface area contributed by atoms with Gasteiger partial charge in [0.1, 0.15) is 17.7 Å².